The number of carbonyl (C=O) groups is 2. The van der Waals surface area contributed by atoms with Crippen LogP contribution in [-0.2, 0) is 19.1 Å². The normalized spacial score (nSPS) is 24.1. The summed E-state index contributed by atoms with van der Waals surface area (Å²) in [5.74, 6) is -1.89. The van der Waals surface area contributed by atoms with Crippen LogP contribution >= 0.6 is 46.4 Å². The SMILES string of the molecule is COC(=O)C1=C(Cl)C(Cl)=C(Cl)C1(Cl)C(=O)OC. The number of halogens is 4. The Balaban J connectivity index is 3.47. The summed E-state index contributed by atoms with van der Waals surface area (Å²) >= 11 is 23.4. The summed E-state index contributed by atoms with van der Waals surface area (Å²) in [5.41, 5.74) is -0.356. The Labute approximate surface area is 117 Å². The van der Waals surface area contributed by atoms with Crippen LogP contribution in [0.15, 0.2) is 20.7 Å². The summed E-state index contributed by atoms with van der Waals surface area (Å²) in [6.07, 6.45) is 0. The van der Waals surface area contributed by atoms with Gasteiger partial charge in [0.2, 0.25) is 4.87 Å². The van der Waals surface area contributed by atoms with Crippen molar-refractivity contribution in [1.82, 2.24) is 0 Å². The number of esters is 2. The van der Waals surface area contributed by atoms with Gasteiger partial charge in [-0.15, -0.1) is 0 Å². The number of methoxy groups -OCH3 is 2. The first kappa shape index (κ1) is 14.6. The van der Waals surface area contributed by atoms with Crippen LogP contribution in [0.25, 0.3) is 0 Å². The fraction of sp³-hybridized carbons (Fsp3) is 0.333. The van der Waals surface area contributed by atoms with Crippen molar-refractivity contribution in [3.63, 3.8) is 0 Å². The highest BCUT2D eigenvalue weighted by Crippen LogP contribution is 2.50. The zero-order valence-corrected chi connectivity index (χ0v) is 11.7. The minimum absolute atomic E-state index is 0.186. The molecule has 1 aliphatic carbocycles. The second-order valence-electron chi connectivity index (χ2n) is 2.96. The molecule has 1 atom stereocenters. The number of alkyl halides is 1. The van der Waals surface area contributed by atoms with Crippen LogP contribution in [0.4, 0.5) is 0 Å². The standard InChI is InChI=1S/C9H6Cl4O4/c1-16-7(14)3-4(10)5(11)6(12)9(3,13)8(15)17-2/h1-2H3. The van der Waals surface area contributed by atoms with Gasteiger partial charge in [0.1, 0.15) is 0 Å². The van der Waals surface area contributed by atoms with Crippen LogP contribution in [0.5, 0.6) is 0 Å². The van der Waals surface area contributed by atoms with Crippen molar-refractivity contribution in [1.29, 1.82) is 0 Å². The lowest BCUT2D eigenvalue weighted by atomic mass is 10.0. The van der Waals surface area contributed by atoms with Crippen molar-refractivity contribution < 1.29 is 19.1 Å². The molecule has 0 saturated heterocycles. The second kappa shape index (κ2) is 5.06. The molecule has 0 aromatic heterocycles. The van der Waals surface area contributed by atoms with Crippen LogP contribution in [-0.4, -0.2) is 31.0 Å². The molecule has 0 aromatic carbocycles. The highest BCUT2D eigenvalue weighted by Gasteiger charge is 2.55. The van der Waals surface area contributed by atoms with Gasteiger partial charge < -0.3 is 9.47 Å². The molecule has 4 nitrogen and oxygen atoms in total. The Morgan fingerprint density at radius 1 is 1.06 bits per heavy atom. The molecule has 0 aliphatic heterocycles. The van der Waals surface area contributed by atoms with Crippen molar-refractivity contribution in [3.05, 3.63) is 20.7 Å². The fourth-order valence-corrected chi connectivity index (χ4v) is 2.59. The number of carbonyl (C=O) groups excluding carboxylic acids is 2. The van der Waals surface area contributed by atoms with E-state index in [9.17, 15) is 9.59 Å². The molecule has 8 heteroatoms. The summed E-state index contributed by atoms with van der Waals surface area (Å²) in [6, 6.07) is 0. The summed E-state index contributed by atoms with van der Waals surface area (Å²) in [4.78, 5) is 21.1. The lowest BCUT2D eigenvalue weighted by Crippen LogP contribution is -2.38. The van der Waals surface area contributed by atoms with E-state index < -0.39 is 16.8 Å². The molecule has 0 amide bonds. The molecule has 0 bridgehead atoms. The second-order valence-corrected chi connectivity index (χ2v) is 4.66. The van der Waals surface area contributed by atoms with Gasteiger partial charge in [-0.2, -0.15) is 0 Å². The third-order valence-electron chi connectivity index (χ3n) is 2.11. The van der Waals surface area contributed by atoms with Gasteiger partial charge in [0.05, 0.1) is 34.9 Å². The van der Waals surface area contributed by atoms with Crippen molar-refractivity contribution in [2.75, 3.05) is 14.2 Å². The number of rotatable bonds is 2. The van der Waals surface area contributed by atoms with E-state index in [1.165, 1.54) is 0 Å². The van der Waals surface area contributed by atoms with Crippen molar-refractivity contribution in [2.24, 2.45) is 0 Å². The van der Waals surface area contributed by atoms with Crippen molar-refractivity contribution >= 4 is 58.3 Å². The molecule has 1 unspecified atom stereocenters. The molecular weight excluding hydrogens is 314 g/mol. The van der Waals surface area contributed by atoms with Gasteiger partial charge in [-0.25, -0.2) is 9.59 Å². The monoisotopic (exact) mass is 318 g/mol. The first-order chi connectivity index (χ1) is 7.82. The molecule has 0 N–H and O–H groups in total. The Hall–Kier alpha value is -0.420. The van der Waals surface area contributed by atoms with Crippen LogP contribution in [0.1, 0.15) is 0 Å². The van der Waals surface area contributed by atoms with Crippen molar-refractivity contribution in [3.8, 4) is 0 Å². The summed E-state index contributed by atoms with van der Waals surface area (Å²) in [7, 11) is 2.19. The van der Waals surface area contributed by atoms with Gasteiger partial charge in [0.25, 0.3) is 0 Å². The largest absolute Gasteiger partial charge is 0.467 e. The van der Waals surface area contributed by atoms with E-state index in [4.69, 9.17) is 46.4 Å². The quantitative estimate of drug-likeness (QED) is 0.579. The van der Waals surface area contributed by atoms with Crippen LogP contribution in [0, 0.1) is 0 Å². The maximum atomic E-state index is 11.6. The maximum absolute atomic E-state index is 11.6. The average Bonchev–Trinajstić information content (AvgIpc) is 2.50. The Morgan fingerprint density at radius 2 is 1.59 bits per heavy atom. The predicted molar refractivity (Wildman–Crippen MR) is 64.2 cm³/mol. The molecule has 94 valence electrons. The van der Waals surface area contributed by atoms with E-state index >= 15 is 0 Å². The third-order valence-corrected chi connectivity index (χ3v) is 4.16. The maximum Gasteiger partial charge on any atom is 0.338 e. The third kappa shape index (κ3) is 2.03. The van der Waals surface area contributed by atoms with E-state index in [1.54, 1.807) is 0 Å². The molecule has 0 spiro atoms. The summed E-state index contributed by atoms with van der Waals surface area (Å²) in [6.45, 7) is 0. The molecule has 0 aromatic rings. The Kier molecular flexibility index (Phi) is 4.36. The van der Waals surface area contributed by atoms with Gasteiger partial charge in [-0.3, -0.25) is 0 Å². The minimum atomic E-state index is -2.06. The van der Waals surface area contributed by atoms with Crippen LogP contribution in [0.3, 0.4) is 0 Å². The molecule has 0 saturated carbocycles. The average molecular weight is 320 g/mol. The Bertz CT molecular complexity index is 454. The van der Waals surface area contributed by atoms with Crippen LogP contribution < -0.4 is 0 Å². The number of allylic oxidation sites excluding steroid dienone is 2. The highest BCUT2D eigenvalue weighted by atomic mass is 35.5. The zero-order valence-electron chi connectivity index (χ0n) is 8.64. The van der Waals surface area contributed by atoms with Gasteiger partial charge in [0.15, 0.2) is 0 Å². The topological polar surface area (TPSA) is 52.6 Å². The van der Waals surface area contributed by atoms with E-state index in [-0.39, 0.29) is 20.7 Å². The molecular formula is C9H6Cl4O4. The molecule has 0 radical (unpaired) electrons. The summed E-state index contributed by atoms with van der Waals surface area (Å²) < 4.78 is 8.95. The van der Waals surface area contributed by atoms with Gasteiger partial charge in [0, 0.05) is 0 Å². The van der Waals surface area contributed by atoms with Gasteiger partial charge >= 0.3 is 11.9 Å². The highest BCUT2D eigenvalue weighted by molar-refractivity contribution is 6.58. The number of hydrogen-bond acceptors (Lipinski definition) is 4. The first-order valence-corrected chi connectivity index (χ1v) is 5.65. The summed E-state index contributed by atoms with van der Waals surface area (Å²) in [5, 5.41) is -0.712. The first-order valence-electron chi connectivity index (χ1n) is 4.14. The number of ether oxygens (including phenoxy) is 2. The number of hydrogen-bond donors (Lipinski definition) is 0. The minimum Gasteiger partial charge on any atom is -0.467 e. The van der Waals surface area contributed by atoms with E-state index in [0.29, 0.717) is 0 Å². The van der Waals surface area contributed by atoms with Gasteiger partial charge in [-0.05, 0) is 0 Å². The molecule has 0 heterocycles. The van der Waals surface area contributed by atoms with Crippen LogP contribution in [0.2, 0.25) is 0 Å². The van der Waals surface area contributed by atoms with Crippen molar-refractivity contribution in [2.45, 2.75) is 4.87 Å². The zero-order chi connectivity index (χ0) is 13.4. The predicted octanol–water partition coefficient (Wildman–Crippen LogP) is 2.51. The van der Waals surface area contributed by atoms with Gasteiger partial charge in [-0.1, -0.05) is 46.4 Å². The van der Waals surface area contributed by atoms with E-state index in [2.05, 4.69) is 9.47 Å². The fourth-order valence-electron chi connectivity index (χ4n) is 1.28. The van der Waals surface area contributed by atoms with E-state index in [0.717, 1.165) is 14.2 Å². The molecule has 17 heavy (non-hydrogen) atoms. The van der Waals surface area contributed by atoms with E-state index in [1.807, 2.05) is 0 Å². The molecule has 1 aliphatic rings. The molecule has 0 fully saturated rings. The Morgan fingerprint density at radius 3 is 2.00 bits per heavy atom. The lowest BCUT2D eigenvalue weighted by molar-refractivity contribution is -0.144. The molecule has 1 rings (SSSR count). The lowest BCUT2D eigenvalue weighted by Gasteiger charge is -2.21. The smallest absolute Gasteiger partial charge is 0.338 e.